The van der Waals surface area contributed by atoms with Crippen molar-refractivity contribution in [1.82, 2.24) is 14.8 Å². The summed E-state index contributed by atoms with van der Waals surface area (Å²) in [6, 6.07) is 0.196. The number of ether oxygens (including phenoxy) is 1. The first-order chi connectivity index (χ1) is 9.58. The number of thiazole rings is 1. The third-order valence-corrected chi connectivity index (χ3v) is 4.02. The second kappa shape index (κ2) is 6.85. The highest BCUT2D eigenvalue weighted by atomic mass is 35.5. The molecule has 0 amide bonds. The van der Waals surface area contributed by atoms with Crippen molar-refractivity contribution in [3.05, 3.63) is 33.5 Å². The average molecular weight is 314 g/mol. The van der Waals surface area contributed by atoms with Crippen molar-refractivity contribution in [2.75, 3.05) is 7.11 Å². The van der Waals surface area contributed by atoms with Crippen molar-refractivity contribution in [3.63, 3.8) is 0 Å². The molecule has 0 saturated heterocycles. The van der Waals surface area contributed by atoms with Crippen molar-refractivity contribution >= 4 is 28.9 Å². The van der Waals surface area contributed by atoms with Gasteiger partial charge in [0.25, 0.3) is 0 Å². The van der Waals surface area contributed by atoms with Gasteiger partial charge in [-0.2, -0.15) is 5.10 Å². The summed E-state index contributed by atoms with van der Waals surface area (Å²) >= 11 is 7.46. The van der Waals surface area contributed by atoms with Crippen molar-refractivity contribution in [2.24, 2.45) is 0 Å². The van der Waals surface area contributed by atoms with Gasteiger partial charge in [0, 0.05) is 24.4 Å². The zero-order chi connectivity index (χ0) is 14.5. The third kappa shape index (κ3) is 4.05. The molecule has 0 N–H and O–H groups in total. The summed E-state index contributed by atoms with van der Waals surface area (Å²) in [5.74, 6) is -0.209. The molecule has 1 atom stereocenters. The Morgan fingerprint density at radius 3 is 3.05 bits per heavy atom. The van der Waals surface area contributed by atoms with Gasteiger partial charge in [0.2, 0.25) is 0 Å². The van der Waals surface area contributed by atoms with Crippen LogP contribution in [-0.2, 0) is 22.4 Å². The lowest BCUT2D eigenvalue weighted by molar-refractivity contribution is -0.140. The second-order valence-electron chi connectivity index (χ2n) is 4.50. The highest BCUT2D eigenvalue weighted by Crippen LogP contribution is 2.19. The van der Waals surface area contributed by atoms with E-state index in [4.69, 9.17) is 11.6 Å². The number of hydrogen-bond acceptors (Lipinski definition) is 5. The zero-order valence-electron chi connectivity index (χ0n) is 11.4. The van der Waals surface area contributed by atoms with Crippen LogP contribution in [0, 0.1) is 0 Å². The van der Waals surface area contributed by atoms with E-state index in [0.29, 0.717) is 17.9 Å². The number of aryl methyl sites for hydroxylation is 1. The summed E-state index contributed by atoms with van der Waals surface area (Å²) in [5.41, 5.74) is 0.932. The number of rotatable bonds is 6. The minimum atomic E-state index is -0.209. The molecule has 2 heterocycles. The third-order valence-electron chi connectivity index (χ3n) is 2.90. The Morgan fingerprint density at radius 1 is 1.60 bits per heavy atom. The predicted molar refractivity (Wildman–Crippen MR) is 78.1 cm³/mol. The second-order valence-corrected chi connectivity index (χ2v) is 5.88. The van der Waals surface area contributed by atoms with Gasteiger partial charge in [-0.25, -0.2) is 4.98 Å². The summed E-state index contributed by atoms with van der Waals surface area (Å²) in [4.78, 5) is 15.6. The number of methoxy groups -OCH3 is 1. The van der Waals surface area contributed by atoms with E-state index in [9.17, 15) is 4.79 Å². The molecule has 0 spiro atoms. The largest absolute Gasteiger partial charge is 0.469 e. The van der Waals surface area contributed by atoms with Gasteiger partial charge in [-0.05, 0) is 6.92 Å². The normalized spacial score (nSPS) is 12.3. The number of carbonyl (C=O) groups excluding carboxylic acids is 1. The van der Waals surface area contributed by atoms with Gasteiger partial charge in [0.15, 0.2) is 0 Å². The molecule has 108 valence electrons. The van der Waals surface area contributed by atoms with Gasteiger partial charge in [-0.3, -0.25) is 9.48 Å². The summed E-state index contributed by atoms with van der Waals surface area (Å²) in [5, 5.41) is 7.84. The maximum Gasteiger partial charge on any atom is 0.305 e. The molecule has 0 saturated carbocycles. The predicted octanol–water partition coefficient (Wildman–Crippen LogP) is 2.90. The Bertz CT molecular complexity index is 582. The molecular formula is C13H16ClN3O2S. The maximum absolute atomic E-state index is 11.1. The molecule has 2 aromatic heterocycles. The number of nitrogens with zero attached hydrogens (tertiary/aromatic N) is 3. The minimum absolute atomic E-state index is 0.196. The molecule has 0 fully saturated rings. The molecule has 2 rings (SSSR count). The van der Waals surface area contributed by atoms with Crippen molar-refractivity contribution in [3.8, 4) is 0 Å². The molecule has 7 heteroatoms. The van der Waals surface area contributed by atoms with Gasteiger partial charge in [0.1, 0.15) is 0 Å². The average Bonchev–Trinajstić information content (AvgIpc) is 3.05. The Morgan fingerprint density at radius 2 is 2.40 bits per heavy atom. The van der Waals surface area contributed by atoms with Crippen LogP contribution in [0.2, 0.25) is 5.02 Å². The molecule has 0 bridgehead atoms. The van der Waals surface area contributed by atoms with Gasteiger partial charge in [-0.15, -0.1) is 11.3 Å². The molecule has 5 nitrogen and oxygen atoms in total. The zero-order valence-corrected chi connectivity index (χ0v) is 12.9. The lowest BCUT2D eigenvalue weighted by Crippen LogP contribution is -2.08. The standard InChI is InChI=1S/C13H16ClN3O2S/c1-9(17-7-10(14)6-15-17)5-12-16-11(8-20-12)3-4-13(18)19-2/h6-9H,3-5H2,1-2H3/t9-/m1/s1. The van der Waals surface area contributed by atoms with E-state index >= 15 is 0 Å². The van der Waals surface area contributed by atoms with Gasteiger partial charge in [0.05, 0.1) is 41.5 Å². The Balaban J connectivity index is 1.90. The quantitative estimate of drug-likeness (QED) is 0.769. The smallest absolute Gasteiger partial charge is 0.305 e. The number of aromatic nitrogens is 3. The van der Waals surface area contributed by atoms with Crippen molar-refractivity contribution < 1.29 is 9.53 Å². The highest BCUT2D eigenvalue weighted by Gasteiger charge is 2.11. The van der Waals surface area contributed by atoms with E-state index in [1.165, 1.54) is 7.11 Å². The lowest BCUT2D eigenvalue weighted by Gasteiger charge is -2.09. The fourth-order valence-corrected chi connectivity index (χ4v) is 2.89. The summed E-state index contributed by atoms with van der Waals surface area (Å²) in [7, 11) is 1.39. The number of esters is 1. The Kier molecular flexibility index (Phi) is 5.14. The van der Waals surface area contributed by atoms with Crippen LogP contribution in [0.4, 0.5) is 0 Å². The van der Waals surface area contributed by atoms with Crippen LogP contribution in [0.25, 0.3) is 0 Å². The van der Waals surface area contributed by atoms with E-state index in [2.05, 4.69) is 21.7 Å². The highest BCUT2D eigenvalue weighted by molar-refractivity contribution is 7.09. The summed E-state index contributed by atoms with van der Waals surface area (Å²) in [6.07, 6.45) is 5.20. The van der Waals surface area contributed by atoms with Crippen molar-refractivity contribution in [2.45, 2.75) is 32.2 Å². The first kappa shape index (κ1) is 15.0. The SMILES string of the molecule is COC(=O)CCc1csc(C[C@@H](C)n2cc(Cl)cn2)n1. The van der Waals surface area contributed by atoms with Crippen LogP contribution in [0.15, 0.2) is 17.8 Å². The van der Waals surface area contributed by atoms with Crippen LogP contribution < -0.4 is 0 Å². The summed E-state index contributed by atoms with van der Waals surface area (Å²) in [6.45, 7) is 2.07. The van der Waals surface area contributed by atoms with Crippen LogP contribution in [-0.4, -0.2) is 27.8 Å². The lowest BCUT2D eigenvalue weighted by atomic mass is 10.2. The van der Waals surface area contributed by atoms with E-state index in [1.807, 2.05) is 10.1 Å². The minimum Gasteiger partial charge on any atom is -0.469 e. The number of hydrogen-bond donors (Lipinski definition) is 0. The van der Waals surface area contributed by atoms with Crippen LogP contribution >= 0.6 is 22.9 Å². The fourth-order valence-electron chi connectivity index (χ4n) is 1.79. The van der Waals surface area contributed by atoms with Crippen molar-refractivity contribution in [1.29, 1.82) is 0 Å². The molecule has 0 aliphatic rings. The maximum atomic E-state index is 11.1. The molecule has 20 heavy (non-hydrogen) atoms. The van der Waals surface area contributed by atoms with E-state index in [0.717, 1.165) is 17.1 Å². The molecule has 0 radical (unpaired) electrons. The molecule has 0 aliphatic heterocycles. The van der Waals surface area contributed by atoms with Crippen LogP contribution in [0.1, 0.15) is 30.1 Å². The summed E-state index contributed by atoms with van der Waals surface area (Å²) < 4.78 is 6.45. The van der Waals surface area contributed by atoms with E-state index in [1.54, 1.807) is 23.7 Å². The first-order valence-corrected chi connectivity index (χ1v) is 7.54. The van der Waals surface area contributed by atoms with Gasteiger partial charge >= 0.3 is 5.97 Å². The molecular weight excluding hydrogens is 298 g/mol. The first-order valence-electron chi connectivity index (χ1n) is 6.28. The number of carbonyl (C=O) groups is 1. The molecule has 0 aliphatic carbocycles. The molecule has 0 aromatic carbocycles. The monoisotopic (exact) mass is 313 g/mol. The van der Waals surface area contributed by atoms with E-state index in [-0.39, 0.29) is 12.0 Å². The van der Waals surface area contributed by atoms with Crippen LogP contribution in [0.5, 0.6) is 0 Å². The fraction of sp³-hybridized carbons (Fsp3) is 0.462. The molecule has 0 unspecified atom stereocenters. The van der Waals surface area contributed by atoms with Gasteiger partial charge < -0.3 is 4.74 Å². The number of halogens is 1. The van der Waals surface area contributed by atoms with Crippen LogP contribution in [0.3, 0.4) is 0 Å². The molecule has 2 aromatic rings. The Hall–Kier alpha value is -1.40. The van der Waals surface area contributed by atoms with Gasteiger partial charge in [-0.1, -0.05) is 11.6 Å². The Labute approximate surface area is 126 Å². The van der Waals surface area contributed by atoms with E-state index < -0.39 is 0 Å². The topological polar surface area (TPSA) is 57.0 Å².